The predicted octanol–water partition coefficient (Wildman–Crippen LogP) is 4.35. The summed E-state index contributed by atoms with van der Waals surface area (Å²) in [5, 5.41) is 3.50. The molecule has 1 aromatic heterocycles. The SMILES string of the molecule is CC1CCc2c(sc(NC(=O)c3ccc(C(C)C)cc3)c2C(N)=O)C1. The summed E-state index contributed by atoms with van der Waals surface area (Å²) in [6.07, 6.45) is 2.84. The first-order valence-corrected chi connectivity index (χ1v) is 9.54. The largest absolute Gasteiger partial charge is 0.365 e. The number of amides is 2. The molecule has 2 aromatic rings. The molecule has 0 fully saturated rings. The fourth-order valence-corrected chi connectivity index (χ4v) is 4.71. The van der Waals surface area contributed by atoms with Crippen molar-refractivity contribution in [2.45, 2.75) is 46.0 Å². The quantitative estimate of drug-likeness (QED) is 0.855. The van der Waals surface area contributed by atoms with Crippen molar-refractivity contribution >= 4 is 28.2 Å². The molecule has 2 amide bonds. The zero-order valence-corrected chi connectivity index (χ0v) is 15.7. The normalized spacial score (nSPS) is 16.6. The van der Waals surface area contributed by atoms with Gasteiger partial charge in [-0.25, -0.2) is 0 Å². The first-order valence-electron chi connectivity index (χ1n) is 8.72. The van der Waals surface area contributed by atoms with Crippen LogP contribution < -0.4 is 11.1 Å². The molecule has 0 bridgehead atoms. The zero-order valence-electron chi connectivity index (χ0n) is 14.9. The summed E-state index contributed by atoms with van der Waals surface area (Å²) < 4.78 is 0. The highest BCUT2D eigenvalue weighted by atomic mass is 32.1. The van der Waals surface area contributed by atoms with Gasteiger partial charge in [0.05, 0.1) is 5.56 Å². The van der Waals surface area contributed by atoms with Crippen LogP contribution in [0.3, 0.4) is 0 Å². The molecule has 0 radical (unpaired) electrons. The Hall–Kier alpha value is -2.14. The summed E-state index contributed by atoms with van der Waals surface area (Å²) in [6.45, 7) is 6.44. The van der Waals surface area contributed by atoms with E-state index < -0.39 is 5.91 Å². The number of thiophene rings is 1. The molecule has 1 aromatic carbocycles. The van der Waals surface area contributed by atoms with Gasteiger partial charge < -0.3 is 11.1 Å². The average Bonchev–Trinajstić information content (AvgIpc) is 2.91. The number of rotatable bonds is 4. The van der Waals surface area contributed by atoms with Crippen LogP contribution in [-0.2, 0) is 12.8 Å². The number of carbonyl (C=O) groups excluding carboxylic acids is 2. The molecular weight excluding hydrogens is 332 g/mol. The van der Waals surface area contributed by atoms with Crippen LogP contribution in [0.25, 0.3) is 0 Å². The number of primary amides is 1. The smallest absolute Gasteiger partial charge is 0.256 e. The van der Waals surface area contributed by atoms with E-state index in [1.807, 2.05) is 24.3 Å². The molecule has 0 saturated heterocycles. The summed E-state index contributed by atoms with van der Waals surface area (Å²) >= 11 is 1.49. The van der Waals surface area contributed by atoms with Crippen molar-refractivity contribution in [2.24, 2.45) is 11.7 Å². The second-order valence-corrected chi connectivity index (χ2v) is 8.26. The van der Waals surface area contributed by atoms with Crippen LogP contribution in [-0.4, -0.2) is 11.8 Å². The van der Waals surface area contributed by atoms with Crippen LogP contribution in [0, 0.1) is 5.92 Å². The molecule has 3 N–H and O–H groups in total. The molecule has 1 unspecified atom stereocenters. The van der Waals surface area contributed by atoms with Crippen molar-refractivity contribution < 1.29 is 9.59 Å². The van der Waals surface area contributed by atoms with Gasteiger partial charge in [0.2, 0.25) is 0 Å². The third-order valence-electron chi connectivity index (χ3n) is 4.82. The maximum absolute atomic E-state index is 12.6. The van der Waals surface area contributed by atoms with E-state index in [-0.39, 0.29) is 5.91 Å². The number of anilines is 1. The van der Waals surface area contributed by atoms with Crippen molar-refractivity contribution in [3.63, 3.8) is 0 Å². The number of hydrogen-bond acceptors (Lipinski definition) is 3. The van der Waals surface area contributed by atoms with E-state index in [0.29, 0.717) is 28.0 Å². The summed E-state index contributed by atoms with van der Waals surface area (Å²) in [4.78, 5) is 25.7. The third kappa shape index (κ3) is 3.61. The molecule has 132 valence electrons. The van der Waals surface area contributed by atoms with Gasteiger partial charge in [-0.05, 0) is 54.4 Å². The number of hydrogen-bond donors (Lipinski definition) is 2. The van der Waals surface area contributed by atoms with E-state index in [1.165, 1.54) is 21.8 Å². The van der Waals surface area contributed by atoms with Crippen LogP contribution in [0.1, 0.15) is 69.8 Å². The Bertz CT molecular complexity index is 806. The minimum atomic E-state index is -0.461. The van der Waals surface area contributed by atoms with Crippen molar-refractivity contribution in [3.05, 3.63) is 51.4 Å². The van der Waals surface area contributed by atoms with Gasteiger partial charge in [-0.1, -0.05) is 32.9 Å². The van der Waals surface area contributed by atoms with Gasteiger partial charge >= 0.3 is 0 Å². The second kappa shape index (κ2) is 7.00. The molecule has 0 saturated carbocycles. The molecule has 3 rings (SSSR count). The minimum absolute atomic E-state index is 0.204. The summed E-state index contributed by atoms with van der Waals surface area (Å²) in [5.41, 5.74) is 8.90. The molecule has 25 heavy (non-hydrogen) atoms. The molecular formula is C20H24N2O2S. The highest BCUT2D eigenvalue weighted by molar-refractivity contribution is 7.17. The van der Waals surface area contributed by atoms with Crippen LogP contribution in [0.15, 0.2) is 24.3 Å². The molecule has 5 heteroatoms. The Labute approximate surface area is 152 Å². The van der Waals surface area contributed by atoms with Crippen molar-refractivity contribution in [3.8, 4) is 0 Å². The molecule has 0 spiro atoms. The topological polar surface area (TPSA) is 72.2 Å². The van der Waals surface area contributed by atoms with E-state index in [1.54, 1.807) is 0 Å². The van der Waals surface area contributed by atoms with Gasteiger partial charge in [-0.2, -0.15) is 0 Å². The average molecular weight is 356 g/mol. The Kier molecular flexibility index (Phi) is 4.95. The van der Waals surface area contributed by atoms with Gasteiger partial charge in [0.15, 0.2) is 0 Å². The molecule has 1 aliphatic carbocycles. The van der Waals surface area contributed by atoms with Crippen LogP contribution in [0.5, 0.6) is 0 Å². The fraction of sp³-hybridized carbons (Fsp3) is 0.400. The van der Waals surface area contributed by atoms with Crippen molar-refractivity contribution in [1.29, 1.82) is 0 Å². The van der Waals surface area contributed by atoms with E-state index in [2.05, 4.69) is 26.1 Å². The summed E-state index contributed by atoms with van der Waals surface area (Å²) in [5.74, 6) is 0.352. The van der Waals surface area contributed by atoms with E-state index in [4.69, 9.17) is 5.73 Å². The molecule has 1 atom stereocenters. The maximum atomic E-state index is 12.6. The van der Waals surface area contributed by atoms with Gasteiger partial charge in [0.25, 0.3) is 11.8 Å². The Morgan fingerprint density at radius 1 is 1.24 bits per heavy atom. The molecule has 1 aliphatic rings. The standard InChI is InChI=1S/C20H24N2O2S/c1-11(2)13-5-7-14(8-6-13)19(24)22-20-17(18(21)23)15-9-4-12(3)10-16(15)25-20/h5-8,11-12H,4,9-10H2,1-3H3,(H2,21,23)(H,22,24). The lowest BCUT2D eigenvalue weighted by molar-refractivity contribution is 0.1000. The predicted molar refractivity (Wildman–Crippen MR) is 103 cm³/mol. The molecule has 4 nitrogen and oxygen atoms in total. The van der Waals surface area contributed by atoms with E-state index >= 15 is 0 Å². The number of fused-ring (bicyclic) bond motifs is 1. The van der Waals surface area contributed by atoms with E-state index in [9.17, 15) is 9.59 Å². The second-order valence-electron chi connectivity index (χ2n) is 7.15. The van der Waals surface area contributed by atoms with Crippen molar-refractivity contribution in [2.75, 3.05) is 5.32 Å². The van der Waals surface area contributed by atoms with Crippen LogP contribution in [0.2, 0.25) is 0 Å². The summed E-state index contributed by atoms with van der Waals surface area (Å²) in [7, 11) is 0. The minimum Gasteiger partial charge on any atom is -0.365 e. The summed E-state index contributed by atoms with van der Waals surface area (Å²) in [6, 6.07) is 7.58. The van der Waals surface area contributed by atoms with Crippen molar-refractivity contribution in [1.82, 2.24) is 0 Å². The lowest BCUT2D eigenvalue weighted by Gasteiger charge is -2.18. The lowest BCUT2D eigenvalue weighted by Crippen LogP contribution is -2.19. The Morgan fingerprint density at radius 3 is 2.52 bits per heavy atom. The number of nitrogens with one attached hydrogen (secondary N) is 1. The maximum Gasteiger partial charge on any atom is 0.256 e. The first kappa shape index (κ1) is 17.7. The zero-order chi connectivity index (χ0) is 18.1. The Balaban J connectivity index is 1.87. The van der Waals surface area contributed by atoms with Crippen LogP contribution >= 0.6 is 11.3 Å². The van der Waals surface area contributed by atoms with E-state index in [0.717, 1.165) is 24.8 Å². The number of carbonyl (C=O) groups is 2. The Morgan fingerprint density at radius 2 is 1.92 bits per heavy atom. The van der Waals surface area contributed by atoms with Crippen LogP contribution in [0.4, 0.5) is 5.00 Å². The number of benzene rings is 1. The molecule has 1 heterocycles. The van der Waals surface area contributed by atoms with Gasteiger partial charge in [0.1, 0.15) is 5.00 Å². The monoisotopic (exact) mass is 356 g/mol. The van der Waals surface area contributed by atoms with Gasteiger partial charge in [0, 0.05) is 10.4 Å². The number of nitrogens with two attached hydrogens (primary N) is 1. The highest BCUT2D eigenvalue weighted by Gasteiger charge is 2.27. The first-order chi connectivity index (χ1) is 11.9. The fourth-order valence-electron chi connectivity index (χ4n) is 3.29. The highest BCUT2D eigenvalue weighted by Crippen LogP contribution is 2.39. The third-order valence-corrected chi connectivity index (χ3v) is 5.99. The van der Waals surface area contributed by atoms with Gasteiger partial charge in [-0.3, -0.25) is 9.59 Å². The van der Waals surface area contributed by atoms with Gasteiger partial charge in [-0.15, -0.1) is 11.3 Å². The lowest BCUT2D eigenvalue weighted by atomic mass is 9.88. The molecule has 0 aliphatic heterocycles.